The number of carbonyl (C=O) groups excluding carboxylic acids is 3. The van der Waals surface area contributed by atoms with Gasteiger partial charge in [0, 0.05) is 17.7 Å². The van der Waals surface area contributed by atoms with Crippen LogP contribution in [0.1, 0.15) is 53.7 Å². The molecule has 9 heteroatoms. The zero-order valence-corrected chi connectivity index (χ0v) is 22.2. The van der Waals surface area contributed by atoms with E-state index in [2.05, 4.69) is 15.8 Å². The van der Waals surface area contributed by atoms with Gasteiger partial charge >= 0.3 is 11.9 Å². The predicted molar refractivity (Wildman–Crippen MR) is 140 cm³/mol. The molecule has 0 bridgehead atoms. The van der Waals surface area contributed by atoms with Gasteiger partial charge in [-0.2, -0.15) is 0 Å². The molecule has 9 nitrogen and oxygen atoms in total. The van der Waals surface area contributed by atoms with Crippen LogP contribution in [0.4, 0.5) is 0 Å². The number of nitrogens with zero attached hydrogens (tertiary/aromatic N) is 1. The van der Waals surface area contributed by atoms with Crippen LogP contribution in [-0.4, -0.2) is 46.7 Å². The second-order valence-electron chi connectivity index (χ2n) is 10.1. The van der Waals surface area contributed by atoms with E-state index >= 15 is 0 Å². The molecular weight excluding hydrogens is 474 g/mol. The van der Waals surface area contributed by atoms with Crippen LogP contribution in [0.2, 0.25) is 0 Å². The molecule has 2 heterocycles. The van der Waals surface area contributed by atoms with Crippen LogP contribution >= 0.6 is 0 Å². The molecule has 0 spiro atoms. The molecule has 0 unspecified atom stereocenters. The summed E-state index contributed by atoms with van der Waals surface area (Å²) in [5, 5.41) is 4.75. The van der Waals surface area contributed by atoms with Crippen LogP contribution in [-0.2, 0) is 28.7 Å². The van der Waals surface area contributed by atoms with E-state index in [-0.39, 0.29) is 18.9 Å². The molecule has 2 atom stereocenters. The lowest BCUT2D eigenvalue weighted by molar-refractivity contribution is -0.156. The molecule has 37 heavy (non-hydrogen) atoms. The van der Waals surface area contributed by atoms with Gasteiger partial charge in [-0.05, 0) is 51.1 Å². The third kappa shape index (κ3) is 6.95. The Labute approximate surface area is 217 Å². The second kappa shape index (κ2) is 11.6. The summed E-state index contributed by atoms with van der Waals surface area (Å²) in [4.78, 5) is 48.5. The van der Waals surface area contributed by atoms with Crippen molar-refractivity contribution >= 4 is 34.3 Å². The second-order valence-corrected chi connectivity index (χ2v) is 10.1. The maximum absolute atomic E-state index is 13.7. The molecule has 1 aromatic heterocycles. The summed E-state index contributed by atoms with van der Waals surface area (Å²) in [6, 6.07) is 8.88. The van der Waals surface area contributed by atoms with Crippen molar-refractivity contribution in [2.24, 2.45) is 5.92 Å². The Kier molecular flexibility index (Phi) is 8.70. The Balaban J connectivity index is 1.90. The standard InChI is InChI=1S/C28H35N3O6/c1-7-35-23(32)13-12-20(16-24(33)36-27(4,5)6)30-26(34)28(18(2)3)17-22(31-37-28)25-21-11-9-8-10-19(21)14-15-29-25/h8-15,17-18,20,31H,7,16H2,1-6H3,(H,30,34)/t20-,28-/m1/s1. The summed E-state index contributed by atoms with van der Waals surface area (Å²) < 4.78 is 10.3. The maximum Gasteiger partial charge on any atom is 0.330 e. The van der Waals surface area contributed by atoms with E-state index in [1.807, 2.05) is 44.2 Å². The normalized spacial score (nSPS) is 18.4. The van der Waals surface area contributed by atoms with Gasteiger partial charge in [-0.15, -0.1) is 0 Å². The molecule has 2 N–H and O–H groups in total. The first kappa shape index (κ1) is 27.9. The van der Waals surface area contributed by atoms with Crippen molar-refractivity contribution in [1.82, 2.24) is 15.8 Å². The summed E-state index contributed by atoms with van der Waals surface area (Å²) in [7, 11) is 0. The van der Waals surface area contributed by atoms with E-state index in [0.29, 0.717) is 11.4 Å². The van der Waals surface area contributed by atoms with Crippen LogP contribution in [0.15, 0.2) is 54.8 Å². The molecule has 3 rings (SSSR count). The van der Waals surface area contributed by atoms with Crippen LogP contribution in [0.25, 0.3) is 16.5 Å². The topological polar surface area (TPSA) is 116 Å². The van der Waals surface area contributed by atoms with Crippen LogP contribution in [0.5, 0.6) is 0 Å². The summed E-state index contributed by atoms with van der Waals surface area (Å²) >= 11 is 0. The van der Waals surface area contributed by atoms with Gasteiger partial charge in [0.2, 0.25) is 0 Å². The number of nitrogens with one attached hydrogen (secondary N) is 2. The number of benzene rings is 1. The first-order valence-electron chi connectivity index (χ1n) is 12.3. The van der Waals surface area contributed by atoms with Gasteiger partial charge in [-0.3, -0.25) is 24.9 Å². The Morgan fingerprint density at radius 1 is 1.19 bits per heavy atom. The summed E-state index contributed by atoms with van der Waals surface area (Å²) in [6.45, 7) is 10.9. The lowest BCUT2D eigenvalue weighted by Gasteiger charge is -2.30. The molecule has 0 saturated heterocycles. The largest absolute Gasteiger partial charge is 0.463 e. The van der Waals surface area contributed by atoms with Gasteiger partial charge in [0.25, 0.3) is 5.91 Å². The minimum Gasteiger partial charge on any atom is -0.463 e. The van der Waals surface area contributed by atoms with Gasteiger partial charge in [0.1, 0.15) is 5.60 Å². The highest BCUT2D eigenvalue weighted by Gasteiger charge is 2.47. The van der Waals surface area contributed by atoms with Gasteiger partial charge < -0.3 is 14.8 Å². The minimum atomic E-state index is -1.39. The van der Waals surface area contributed by atoms with Crippen molar-refractivity contribution in [3.8, 4) is 0 Å². The van der Waals surface area contributed by atoms with Gasteiger partial charge in [0.15, 0.2) is 5.60 Å². The van der Waals surface area contributed by atoms with Gasteiger partial charge in [0.05, 0.1) is 30.5 Å². The number of rotatable bonds is 9. The minimum absolute atomic E-state index is 0.179. The van der Waals surface area contributed by atoms with E-state index < -0.39 is 35.1 Å². The first-order chi connectivity index (χ1) is 17.4. The summed E-state index contributed by atoms with van der Waals surface area (Å²) in [5.74, 6) is -1.87. The third-order valence-corrected chi connectivity index (χ3v) is 5.70. The number of esters is 2. The first-order valence-corrected chi connectivity index (χ1v) is 12.3. The van der Waals surface area contributed by atoms with Crippen molar-refractivity contribution in [3.05, 3.63) is 60.5 Å². The molecule has 198 valence electrons. The van der Waals surface area contributed by atoms with E-state index in [1.165, 1.54) is 12.2 Å². The third-order valence-electron chi connectivity index (χ3n) is 5.70. The number of pyridine rings is 1. The lowest BCUT2D eigenvalue weighted by atomic mass is 9.88. The van der Waals surface area contributed by atoms with Crippen LogP contribution in [0, 0.1) is 5.92 Å². The summed E-state index contributed by atoms with van der Waals surface area (Å²) in [5.41, 5.74) is 2.01. The molecule has 0 aliphatic carbocycles. The van der Waals surface area contributed by atoms with Crippen molar-refractivity contribution < 1.29 is 28.7 Å². The number of hydrogen-bond acceptors (Lipinski definition) is 8. The molecule has 1 aromatic carbocycles. The number of hydrogen-bond donors (Lipinski definition) is 2. The average molecular weight is 510 g/mol. The monoisotopic (exact) mass is 509 g/mol. The molecule has 0 saturated carbocycles. The number of ether oxygens (including phenoxy) is 2. The lowest BCUT2D eigenvalue weighted by Crippen LogP contribution is -2.53. The van der Waals surface area contributed by atoms with Crippen molar-refractivity contribution in [2.45, 2.75) is 65.2 Å². The molecule has 0 fully saturated rings. The van der Waals surface area contributed by atoms with Crippen LogP contribution < -0.4 is 10.8 Å². The van der Waals surface area contributed by atoms with E-state index in [9.17, 15) is 14.4 Å². The Morgan fingerprint density at radius 2 is 1.92 bits per heavy atom. The highest BCUT2D eigenvalue weighted by atomic mass is 16.7. The number of carbonyl (C=O) groups is 3. The SMILES string of the molecule is CCOC(=O)C=C[C@H](CC(=O)OC(C)(C)C)NC(=O)[C@]1(C(C)C)C=C(c2nccc3ccccc23)NO1. The quantitative estimate of drug-likeness (QED) is 0.387. The zero-order chi connectivity index (χ0) is 27.2. The molecular formula is C28H35N3O6. The summed E-state index contributed by atoms with van der Waals surface area (Å²) in [6.07, 6.45) is 5.85. The van der Waals surface area contributed by atoms with Gasteiger partial charge in [-0.1, -0.05) is 44.2 Å². The van der Waals surface area contributed by atoms with Crippen molar-refractivity contribution in [3.63, 3.8) is 0 Å². The number of fused-ring (bicyclic) bond motifs is 1. The fourth-order valence-electron chi connectivity index (χ4n) is 3.92. The Bertz CT molecular complexity index is 1210. The highest BCUT2D eigenvalue weighted by molar-refractivity contribution is 5.96. The maximum atomic E-state index is 13.7. The van der Waals surface area contributed by atoms with Crippen molar-refractivity contribution in [1.29, 1.82) is 0 Å². The van der Waals surface area contributed by atoms with E-state index in [1.54, 1.807) is 40.0 Å². The fourth-order valence-corrected chi connectivity index (χ4v) is 3.92. The van der Waals surface area contributed by atoms with E-state index in [0.717, 1.165) is 10.8 Å². The average Bonchev–Trinajstić information content (AvgIpc) is 3.28. The number of amides is 1. The molecule has 1 aliphatic rings. The Morgan fingerprint density at radius 3 is 2.59 bits per heavy atom. The predicted octanol–water partition coefficient (Wildman–Crippen LogP) is 3.84. The van der Waals surface area contributed by atoms with Crippen LogP contribution in [0.3, 0.4) is 0 Å². The smallest absolute Gasteiger partial charge is 0.330 e. The highest BCUT2D eigenvalue weighted by Crippen LogP contribution is 2.34. The molecule has 2 aromatic rings. The molecule has 1 aliphatic heterocycles. The van der Waals surface area contributed by atoms with E-state index in [4.69, 9.17) is 14.3 Å². The fraction of sp³-hybridized carbons (Fsp3) is 0.429. The van der Waals surface area contributed by atoms with Gasteiger partial charge in [-0.25, -0.2) is 4.79 Å². The number of hydroxylamine groups is 1. The zero-order valence-electron chi connectivity index (χ0n) is 22.2. The van der Waals surface area contributed by atoms with Crippen molar-refractivity contribution in [2.75, 3.05) is 6.61 Å². The molecule has 1 amide bonds. The molecule has 0 radical (unpaired) electrons. The number of aromatic nitrogens is 1. The Hall–Kier alpha value is -3.72.